The Labute approximate surface area is 232 Å². The van der Waals surface area contributed by atoms with E-state index in [-0.39, 0.29) is 6.10 Å². The highest BCUT2D eigenvalue weighted by molar-refractivity contribution is 5.61. The molecule has 0 aliphatic carbocycles. The van der Waals surface area contributed by atoms with Crippen LogP contribution in [0.5, 0.6) is 11.5 Å². The summed E-state index contributed by atoms with van der Waals surface area (Å²) in [6.07, 6.45) is 4.62. The molecule has 3 aliphatic heterocycles. The van der Waals surface area contributed by atoms with Gasteiger partial charge in [-0.1, -0.05) is 12.1 Å². The van der Waals surface area contributed by atoms with Gasteiger partial charge >= 0.3 is 0 Å². The van der Waals surface area contributed by atoms with E-state index in [1.165, 1.54) is 11.1 Å². The zero-order chi connectivity index (χ0) is 26.9. The van der Waals surface area contributed by atoms with Crippen molar-refractivity contribution in [3.63, 3.8) is 0 Å². The Morgan fingerprint density at radius 1 is 1.03 bits per heavy atom. The molecule has 1 fully saturated rings. The maximum absolute atomic E-state index is 6.71. The minimum atomic E-state index is -0.463. The third-order valence-electron chi connectivity index (χ3n) is 7.98. The zero-order valence-corrected chi connectivity index (χ0v) is 23.5. The fourth-order valence-corrected chi connectivity index (χ4v) is 6.00. The summed E-state index contributed by atoms with van der Waals surface area (Å²) in [5.41, 5.74) is 4.38. The van der Waals surface area contributed by atoms with Crippen molar-refractivity contribution in [1.82, 2.24) is 5.32 Å². The fourth-order valence-electron chi connectivity index (χ4n) is 6.00. The monoisotopic (exact) mass is 540 g/mol. The van der Waals surface area contributed by atoms with E-state index in [4.69, 9.17) is 28.4 Å². The minimum absolute atomic E-state index is 0.0957. The van der Waals surface area contributed by atoms with Crippen LogP contribution in [-0.4, -0.2) is 79.5 Å². The molecule has 2 aromatic rings. The summed E-state index contributed by atoms with van der Waals surface area (Å²) in [5, 5.41) is 3.55. The molecular formula is C31H44N2O6. The second kappa shape index (κ2) is 13.8. The van der Waals surface area contributed by atoms with Gasteiger partial charge in [-0.2, -0.15) is 0 Å². The van der Waals surface area contributed by atoms with Crippen molar-refractivity contribution in [3.8, 4) is 11.5 Å². The van der Waals surface area contributed by atoms with E-state index < -0.39 is 5.60 Å². The van der Waals surface area contributed by atoms with Crippen molar-refractivity contribution >= 4 is 5.69 Å². The number of piperidine rings is 1. The topological polar surface area (TPSA) is 70.7 Å². The predicted octanol–water partition coefficient (Wildman–Crippen LogP) is 4.07. The van der Waals surface area contributed by atoms with Crippen molar-refractivity contribution in [2.24, 2.45) is 0 Å². The standard InChI is InChI=1S/C31H44N2O6/c1-34-15-4-13-33-14-19-37-29-10-7-24(20-28(29)33)23-38-30-22-32-12-11-31(30)27-9-8-26(36-17-5-16-35-2)21-25(27)6-3-18-39-31/h7-10,20-21,30,32H,3-6,11-19,22-23H2,1-2H3/t30-,31-/m0/s1. The number of aryl methyl sites for hydroxylation is 1. The van der Waals surface area contributed by atoms with Gasteiger partial charge in [0.15, 0.2) is 0 Å². The van der Waals surface area contributed by atoms with Crippen molar-refractivity contribution < 1.29 is 28.4 Å². The molecule has 2 atom stereocenters. The highest BCUT2D eigenvalue weighted by Gasteiger charge is 2.46. The Balaban J connectivity index is 1.31. The first-order valence-corrected chi connectivity index (χ1v) is 14.4. The molecular weight excluding hydrogens is 496 g/mol. The van der Waals surface area contributed by atoms with Crippen LogP contribution in [0.4, 0.5) is 5.69 Å². The van der Waals surface area contributed by atoms with Gasteiger partial charge in [0.2, 0.25) is 0 Å². The Hall–Kier alpha value is -2.36. The highest BCUT2D eigenvalue weighted by Crippen LogP contribution is 2.42. The molecule has 0 bridgehead atoms. The lowest BCUT2D eigenvalue weighted by molar-refractivity contribution is -0.168. The Kier molecular flexibility index (Phi) is 9.98. The van der Waals surface area contributed by atoms with Crippen molar-refractivity contribution in [2.45, 2.75) is 50.4 Å². The summed E-state index contributed by atoms with van der Waals surface area (Å²) < 4.78 is 35.8. The van der Waals surface area contributed by atoms with Gasteiger partial charge in [0.25, 0.3) is 0 Å². The molecule has 1 N–H and O–H groups in total. The third kappa shape index (κ3) is 6.69. The van der Waals surface area contributed by atoms with Crippen LogP contribution in [0, 0.1) is 0 Å². The number of ether oxygens (including phenoxy) is 6. The number of methoxy groups -OCH3 is 2. The molecule has 8 nitrogen and oxygen atoms in total. The third-order valence-corrected chi connectivity index (χ3v) is 7.98. The summed E-state index contributed by atoms with van der Waals surface area (Å²) in [6.45, 7) is 7.58. The first kappa shape index (κ1) is 28.2. The summed E-state index contributed by atoms with van der Waals surface area (Å²) in [6, 6.07) is 12.9. The van der Waals surface area contributed by atoms with E-state index in [1.54, 1.807) is 14.2 Å². The molecule has 214 valence electrons. The average Bonchev–Trinajstić information content (AvgIpc) is 3.14. The van der Waals surface area contributed by atoms with E-state index in [1.807, 2.05) is 0 Å². The van der Waals surface area contributed by atoms with Gasteiger partial charge in [0, 0.05) is 53.6 Å². The molecule has 1 saturated heterocycles. The first-order chi connectivity index (χ1) is 19.2. The molecule has 0 radical (unpaired) electrons. The van der Waals surface area contributed by atoms with Crippen LogP contribution in [-0.2, 0) is 37.6 Å². The number of hydrogen-bond acceptors (Lipinski definition) is 8. The van der Waals surface area contributed by atoms with Crippen LogP contribution in [0.2, 0.25) is 0 Å². The Bertz CT molecular complexity index is 1070. The van der Waals surface area contributed by atoms with Gasteiger partial charge in [-0.25, -0.2) is 0 Å². The number of rotatable bonds is 12. The van der Waals surface area contributed by atoms with Crippen LogP contribution in [0.3, 0.4) is 0 Å². The van der Waals surface area contributed by atoms with E-state index in [0.29, 0.717) is 26.4 Å². The normalized spacial score (nSPS) is 22.6. The maximum atomic E-state index is 6.71. The quantitative estimate of drug-likeness (QED) is 0.404. The van der Waals surface area contributed by atoms with Crippen LogP contribution in [0.25, 0.3) is 0 Å². The summed E-state index contributed by atoms with van der Waals surface area (Å²) >= 11 is 0. The SMILES string of the molecule is COCCCOc1ccc2c(c1)CCCO[C@@]21CCNC[C@@H]1OCc1ccc2c(c1)N(CCCOC)CCO2. The fraction of sp³-hybridized carbons (Fsp3) is 0.613. The van der Waals surface area contributed by atoms with Gasteiger partial charge < -0.3 is 38.6 Å². The van der Waals surface area contributed by atoms with Crippen LogP contribution < -0.4 is 19.7 Å². The van der Waals surface area contributed by atoms with Crippen molar-refractivity contribution in [3.05, 3.63) is 53.1 Å². The maximum Gasteiger partial charge on any atom is 0.142 e. The predicted molar refractivity (Wildman–Crippen MR) is 151 cm³/mol. The first-order valence-electron chi connectivity index (χ1n) is 14.4. The highest BCUT2D eigenvalue weighted by atomic mass is 16.6. The molecule has 8 heteroatoms. The van der Waals surface area contributed by atoms with Crippen molar-refractivity contribution in [1.29, 1.82) is 0 Å². The summed E-state index contributed by atoms with van der Waals surface area (Å²) in [5.74, 6) is 1.86. The minimum Gasteiger partial charge on any atom is -0.493 e. The molecule has 5 rings (SSSR count). The molecule has 3 heterocycles. The molecule has 3 aliphatic rings. The molecule has 2 aromatic carbocycles. The zero-order valence-electron chi connectivity index (χ0n) is 23.5. The lowest BCUT2D eigenvalue weighted by atomic mass is 9.79. The lowest BCUT2D eigenvalue weighted by Gasteiger charge is -2.44. The lowest BCUT2D eigenvalue weighted by Crippen LogP contribution is -2.54. The molecule has 39 heavy (non-hydrogen) atoms. The van der Waals surface area contributed by atoms with Crippen molar-refractivity contribution in [2.75, 3.05) is 78.3 Å². The largest absolute Gasteiger partial charge is 0.493 e. The van der Waals surface area contributed by atoms with E-state index in [0.717, 1.165) is 94.2 Å². The van der Waals surface area contributed by atoms with Crippen LogP contribution in [0.1, 0.15) is 42.4 Å². The van der Waals surface area contributed by atoms with E-state index in [2.05, 4.69) is 46.6 Å². The van der Waals surface area contributed by atoms with Crippen LogP contribution in [0.15, 0.2) is 36.4 Å². The van der Waals surface area contributed by atoms with Gasteiger partial charge in [-0.05, 0) is 73.2 Å². The van der Waals surface area contributed by atoms with Gasteiger partial charge in [0.05, 0.1) is 25.4 Å². The smallest absolute Gasteiger partial charge is 0.142 e. The molecule has 0 aromatic heterocycles. The summed E-state index contributed by atoms with van der Waals surface area (Å²) in [4.78, 5) is 2.39. The van der Waals surface area contributed by atoms with Crippen LogP contribution >= 0.6 is 0 Å². The Morgan fingerprint density at radius 2 is 1.92 bits per heavy atom. The Morgan fingerprint density at radius 3 is 2.82 bits per heavy atom. The van der Waals surface area contributed by atoms with E-state index >= 15 is 0 Å². The second-order valence-electron chi connectivity index (χ2n) is 10.6. The number of hydrogen-bond donors (Lipinski definition) is 1. The van der Waals surface area contributed by atoms with Gasteiger partial charge in [-0.3, -0.25) is 0 Å². The summed E-state index contributed by atoms with van der Waals surface area (Å²) in [7, 11) is 3.47. The molecule has 1 spiro atoms. The molecule has 0 saturated carbocycles. The number of fused-ring (bicyclic) bond motifs is 3. The number of anilines is 1. The number of benzene rings is 2. The van der Waals surface area contributed by atoms with Gasteiger partial charge in [-0.15, -0.1) is 0 Å². The molecule has 0 unspecified atom stereocenters. The average molecular weight is 541 g/mol. The number of nitrogens with one attached hydrogen (secondary N) is 1. The molecule has 0 amide bonds. The van der Waals surface area contributed by atoms with Gasteiger partial charge in [0.1, 0.15) is 29.8 Å². The second-order valence-corrected chi connectivity index (χ2v) is 10.6. The van der Waals surface area contributed by atoms with E-state index in [9.17, 15) is 0 Å². The number of nitrogens with zero attached hydrogens (tertiary/aromatic N) is 1.